The van der Waals surface area contributed by atoms with Crippen LogP contribution in [0.4, 0.5) is 5.69 Å². The van der Waals surface area contributed by atoms with Crippen molar-refractivity contribution in [3.8, 4) is 0 Å². The lowest BCUT2D eigenvalue weighted by molar-refractivity contribution is 0.0347. The zero-order chi connectivity index (χ0) is 17.9. The van der Waals surface area contributed by atoms with Crippen LogP contribution in [0.1, 0.15) is 38.5 Å². The molecule has 3 nitrogen and oxygen atoms in total. The molecule has 25 heavy (non-hydrogen) atoms. The lowest BCUT2D eigenvalue weighted by Gasteiger charge is -2.33. The van der Waals surface area contributed by atoms with Gasteiger partial charge in [-0.25, -0.2) is 0 Å². The minimum atomic E-state index is 0.449. The van der Waals surface area contributed by atoms with E-state index in [2.05, 4.69) is 63.6 Å². The summed E-state index contributed by atoms with van der Waals surface area (Å²) < 4.78 is 7.24. The molecule has 140 valence electrons. The number of benzene rings is 1. The molecule has 1 aliphatic heterocycles. The number of ether oxygens (including phenoxy) is 1. The summed E-state index contributed by atoms with van der Waals surface area (Å²) >= 11 is 3.50. The van der Waals surface area contributed by atoms with E-state index in [-0.39, 0.29) is 0 Å². The van der Waals surface area contributed by atoms with E-state index in [1.807, 2.05) is 6.08 Å². The number of hydrogen-bond acceptors (Lipinski definition) is 3. The molecule has 1 aromatic rings. The van der Waals surface area contributed by atoms with Crippen LogP contribution < -0.4 is 4.90 Å². The highest BCUT2D eigenvalue weighted by atomic mass is 79.9. The summed E-state index contributed by atoms with van der Waals surface area (Å²) in [6, 6.07) is 8.62. The standard InChI is InChI=1S/C21H33BrN2O/c1-3-14-23(2)15-6-4-5-7-18-25-21-12-16-24(17-13-21)20-10-8-19(22)9-11-20/h3,8-11,21H,1,4-7,12-18H2,2H3. The lowest BCUT2D eigenvalue weighted by Crippen LogP contribution is -2.37. The summed E-state index contributed by atoms with van der Waals surface area (Å²) in [4.78, 5) is 4.79. The van der Waals surface area contributed by atoms with Gasteiger partial charge in [-0.1, -0.05) is 34.8 Å². The predicted molar refractivity (Wildman–Crippen MR) is 111 cm³/mol. The fourth-order valence-corrected chi connectivity index (χ4v) is 3.60. The van der Waals surface area contributed by atoms with Gasteiger partial charge in [0, 0.05) is 36.4 Å². The summed E-state index contributed by atoms with van der Waals surface area (Å²) in [5.41, 5.74) is 1.32. The molecule has 0 N–H and O–H groups in total. The van der Waals surface area contributed by atoms with Crippen molar-refractivity contribution in [3.63, 3.8) is 0 Å². The second kappa shape index (κ2) is 11.7. The molecule has 1 heterocycles. The first kappa shape index (κ1) is 20.5. The Bertz CT molecular complexity index is 483. The van der Waals surface area contributed by atoms with Gasteiger partial charge in [-0.15, -0.1) is 6.58 Å². The molecule has 0 aliphatic carbocycles. The van der Waals surface area contributed by atoms with Gasteiger partial charge < -0.3 is 14.5 Å². The van der Waals surface area contributed by atoms with Crippen molar-refractivity contribution >= 4 is 21.6 Å². The topological polar surface area (TPSA) is 15.7 Å². The maximum absolute atomic E-state index is 6.09. The van der Waals surface area contributed by atoms with Gasteiger partial charge in [0.05, 0.1) is 6.10 Å². The highest BCUT2D eigenvalue weighted by Gasteiger charge is 2.19. The van der Waals surface area contributed by atoms with Gasteiger partial charge in [-0.3, -0.25) is 0 Å². The molecule has 0 bridgehead atoms. The van der Waals surface area contributed by atoms with E-state index in [1.54, 1.807) is 0 Å². The van der Waals surface area contributed by atoms with Gasteiger partial charge in [0.1, 0.15) is 0 Å². The van der Waals surface area contributed by atoms with Crippen molar-refractivity contribution in [3.05, 3.63) is 41.4 Å². The first-order valence-electron chi connectivity index (χ1n) is 9.60. The van der Waals surface area contributed by atoms with Gasteiger partial charge in [-0.2, -0.15) is 0 Å². The zero-order valence-electron chi connectivity index (χ0n) is 15.6. The number of halogens is 1. The predicted octanol–water partition coefficient (Wildman–Crippen LogP) is 5.11. The van der Waals surface area contributed by atoms with E-state index < -0.39 is 0 Å². The molecular weight excluding hydrogens is 376 g/mol. The summed E-state index contributed by atoms with van der Waals surface area (Å²) in [5, 5.41) is 0. The number of unbranched alkanes of at least 4 members (excludes halogenated alkanes) is 3. The molecule has 0 saturated carbocycles. The maximum atomic E-state index is 6.09. The van der Waals surface area contributed by atoms with E-state index in [0.29, 0.717) is 6.10 Å². The molecule has 4 heteroatoms. The molecule has 0 atom stereocenters. The fraction of sp³-hybridized carbons (Fsp3) is 0.619. The highest BCUT2D eigenvalue weighted by Crippen LogP contribution is 2.23. The lowest BCUT2D eigenvalue weighted by atomic mass is 10.1. The van der Waals surface area contributed by atoms with Crippen LogP contribution in [-0.2, 0) is 4.74 Å². The van der Waals surface area contributed by atoms with E-state index >= 15 is 0 Å². The number of nitrogens with zero attached hydrogens (tertiary/aromatic N) is 2. The van der Waals surface area contributed by atoms with Crippen LogP contribution in [0.25, 0.3) is 0 Å². The van der Waals surface area contributed by atoms with Gasteiger partial charge in [0.15, 0.2) is 0 Å². The van der Waals surface area contributed by atoms with Crippen molar-refractivity contribution in [2.45, 2.75) is 44.6 Å². The number of anilines is 1. The van der Waals surface area contributed by atoms with Crippen molar-refractivity contribution in [2.75, 3.05) is 44.7 Å². The summed E-state index contributed by atoms with van der Waals surface area (Å²) in [7, 11) is 2.16. The Balaban J connectivity index is 1.50. The summed E-state index contributed by atoms with van der Waals surface area (Å²) in [6.45, 7) is 9.05. The van der Waals surface area contributed by atoms with Crippen molar-refractivity contribution < 1.29 is 4.74 Å². The van der Waals surface area contributed by atoms with E-state index in [9.17, 15) is 0 Å². The number of hydrogen-bond donors (Lipinski definition) is 0. The molecule has 0 unspecified atom stereocenters. The average Bonchev–Trinajstić information content (AvgIpc) is 2.62. The average molecular weight is 409 g/mol. The first-order valence-corrected chi connectivity index (χ1v) is 10.4. The zero-order valence-corrected chi connectivity index (χ0v) is 17.2. The quantitative estimate of drug-likeness (QED) is 0.373. The van der Waals surface area contributed by atoms with E-state index in [0.717, 1.165) is 43.6 Å². The largest absolute Gasteiger partial charge is 0.378 e. The number of rotatable bonds is 11. The third-order valence-electron chi connectivity index (χ3n) is 4.86. The minimum absolute atomic E-state index is 0.449. The second-order valence-corrected chi connectivity index (χ2v) is 7.91. The molecule has 1 aromatic carbocycles. The van der Waals surface area contributed by atoms with E-state index in [4.69, 9.17) is 4.74 Å². The summed E-state index contributed by atoms with van der Waals surface area (Å²) in [5.74, 6) is 0. The van der Waals surface area contributed by atoms with Crippen LogP contribution in [0.3, 0.4) is 0 Å². The maximum Gasteiger partial charge on any atom is 0.0608 e. The minimum Gasteiger partial charge on any atom is -0.378 e. The van der Waals surface area contributed by atoms with E-state index in [1.165, 1.54) is 37.9 Å². The van der Waals surface area contributed by atoms with Gasteiger partial charge >= 0.3 is 0 Å². The third-order valence-corrected chi connectivity index (χ3v) is 5.39. The van der Waals surface area contributed by atoms with Crippen molar-refractivity contribution in [1.29, 1.82) is 0 Å². The van der Waals surface area contributed by atoms with Crippen LogP contribution in [0.2, 0.25) is 0 Å². The number of likely N-dealkylation sites (N-methyl/N-ethyl adjacent to an activating group) is 1. The summed E-state index contributed by atoms with van der Waals surface area (Å²) in [6.07, 6.45) is 9.74. The first-order chi connectivity index (χ1) is 12.2. The molecule has 2 rings (SSSR count). The third kappa shape index (κ3) is 7.93. The molecule has 1 saturated heterocycles. The number of piperidine rings is 1. The Hall–Kier alpha value is -0.840. The fourth-order valence-electron chi connectivity index (χ4n) is 3.33. The Morgan fingerprint density at radius 2 is 1.84 bits per heavy atom. The molecular formula is C21H33BrN2O. The normalized spacial score (nSPS) is 15.7. The Morgan fingerprint density at radius 1 is 1.16 bits per heavy atom. The Morgan fingerprint density at radius 3 is 2.52 bits per heavy atom. The molecule has 1 aliphatic rings. The van der Waals surface area contributed by atoms with Gasteiger partial charge in [0.25, 0.3) is 0 Å². The monoisotopic (exact) mass is 408 g/mol. The molecule has 0 radical (unpaired) electrons. The molecule has 0 spiro atoms. The van der Waals surface area contributed by atoms with Crippen molar-refractivity contribution in [1.82, 2.24) is 4.90 Å². The SMILES string of the molecule is C=CCN(C)CCCCCCOC1CCN(c2ccc(Br)cc2)CC1. The highest BCUT2D eigenvalue weighted by molar-refractivity contribution is 9.10. The molecule has 1 fully saturated rings. The Labute approximate surface area is 162 Å². The molecule has 0 amide bonds. The van der Waals surface area contributed by atoms with Crippen LogP contribution >= 0.6 is 15.9 Å². The van der Waals surface area contributed by atoms with Crippen molar-refractivity contribution in [2.24, 2.45) is 0 Å². The van der Waals surface area contributed by atoms with Crippen LogP contribution in [0.15, 0.2) is 41.4 Å². The van der Waals surface area contributed by atoms with Gasteiger partial charge in [-0.05, 0) is 63.5 Å². The molecule has 0 aromatic heterocycles. The van der Waals surface area contributed by atoms with Crippen LogP contribution in [0, 0.1) is 0 Å². The smallest absolute Gasteiger partial charge is 0.0608 e. The van der Waals surface area contributed by atoms with Crippen LogP contribution in [0.5, 0.6) is 0 Å². The second-order valence-electron chi connectivity index (χ2n) is 7.00. The Kier molecular flexibility index (Phi) is 9.59. The van der Waals surface area contributed by atoms with Crippen LogP contribution in [-0.4, -0.2) is 50.8 Å². The van der Waals surface area contributed by atoms with Gasteiger partial charge in [0.2, 0.25) is 0 Å².